The first-order chi connectivity index (χ1) is 13.7. The standard InChI is InChI=1S/C20H24N6S2/c1-25(19-21-15-7-3-4-8-16(15)22-19)11-13-27-28-14-12-26(2)20-23-17-9-5-6-10-18(17)24-20/h3-10H,11-14H2,1-2H3,(H,21,22)(H,23,24). The average molecular weight is 413 g/mol. The summed E-state index contributed by atoms with van der Waals surface area (Å²) in [5, 5.41) is 0. The number of hydrogen-bond donors (Lipinski definition) is 2. The van der Waals surface area contributed by atoms with Gasteiger partial charge in [-0.05, 0) is 24.3 Å². The van der Waals surface area contributed by atoms with Gasteiger partial charge in [-0.3, -0.25) is 0 Å². The van der Waals surface area contributed by atoms with Gasteiger partial charge in [-0.25, -0.2) is 9.97 Å². The lowest BCUT2D eigenvalue weighted by Gasteiger charge is -2.16. The zero-order valence-electron chi connectivity index (χ0n) is 16.1. The van der Waals surface area contributed by atoms with Crippen LogP contribution >= 0.6 is 21.6 Å². The summed E-state index contributed by atoms with van der Waals surface area (Å²) >= 11 is 0. The Morgan fingerprint density at radius 3 is 1.57 bits per heavy atom. The maximum Gasteiger partial charge on any atom is 0.203 e. The predicted octanol–water partition coefficient (Wildman–Crippen LogP) is 4.39. The van der Waals surface area contributed by atoms with Crippen molar-refractivity contribution in [2.75, 3.05) is 48.5 Å². The quantitative estimate of drug-likeness (QED) is 0.314. The van der Waals surface area contributed by atoms with E-state index in [-0.39, 0.29) is 0 Å². The molecule has 2 N–H and O–H groups in total. The molecule has 0 amide bonds. The molecule has 0 aliphatic carbocycles. The molecule has 4 rings (SSSR count). The summed E-state index contributed by atoms with van der Waals surface area (Å²) in [5.41, 5.74) is 4.19. The average Bonchev–Trinajstić information content (AvgIpc) is 3.34. The largest absolute Gasteiger partial charge is 0.345 e. The van der Waals surface area contributed by atoms with Crippen LogP contribution in [0.1, 0.15) is 0 Å². The number of fused-ring (bicyclic) bond motifs is 2. The number of nitrogens with zero attached hydrogens (tertiary/aromatic N) is 4. The van der Waals surface area contributed by atoms with E-state index in [1.54, 1.807) is 0 Å². The molecule has 2 aromatic carbocycles. The van der Waals surface area contributed by atoms with E-state index in [1.165, 1.54) is 0 Å². The smallest absolute Gasteiger partial charge is 0.203 e. The molecule has 0 atom stereocenters. The van der Waals surface area contributed by atoms with Gasteiger partial charge >= 0.3 is 0 Å². The molecular weight excluding hydrogens is 388 g/mol. The van der Waals surface area contributed by atoms with Gasteiger partial charge in [0.1, 0.15) is 0 Å². The highest BCUT2D eigenvalue weighted by Gasteiger charge is 2.08. The van der Waals surface area contributed by atoms with Crippen LogP contribution in [0.25, 0.3) is 22.1 Å². The molecule has 28 heavy (non-hydrogen) atoms. The molecule has 4 aromatic rings. The van der Waals surface area contributed by atoms with Crippen molar-refractivity contribution in [3.63, 3.8) is 0 Å². The number of benzene rings is 2. The first-order valence-corrected chi connectivity index (χ1v) is 11.8. The minimum Gasteiger partial charge on any atom is -0.345 e. The van der Waals surface area contributed by atoms with Crippen LogP contribution < -0.4 is 9.80 Å². The molecule has 146 valence electrons. The van der Waals surface area contributed by atoms with E-state index in [1.807, 2.05) is 58.0 Å². The Labute approximate surface area is 172 Å². The van der Waals surface area contributed by atoms with E-state index in [0.717, 1.165) is 58.6 Å². The van der Waals surface area contributed by atoms with E-state index in [4.69, 9.17) is 0 Å². The second kappa shape index (κ2) is 8.79. The van der Waals surface area contributed by atoms with Crippen molar-refractivity contribution in [3.8, 4) is 0 Å². The van der Waals surface area contributed by atoms with E-state index >= 15 is 0 Å². The van der Waals surface area contributed by atoms with Crippen LogP contribution in [0.5, 0.6) is 0 Å². The minimum atomic E-state index is 0.927. The van der Waals surface area contributed by atoms with Gasteiger partial charge in [0, 0.05) is 38.7 Å². The molecule has 0 saturated heterocycles. The molecule has 2 heterocycles. The van der Waals surface area contributed by atoms with Crippen LogP contribution in [0, 0.1) is 0 Å². The van der Waals surface area contributed by atoms with Gasteiger partial charge in [0.15, 0.2) is 0 Å². The van der Waals surface area contributed by atoms with E-state index in [9.17, 15) is 0 Å². The SMILES string of the molecule is CN(CCSSCCN(C)c1nc2ccccc2[nH]1)c1nc2ccccc2[nH]1. The molecule has 0 radical (unpaired) electrons. The van der Waals surface area contributed by atoms with Crippen LogP contribution in [-0.4, -0.2) is 58.6 Å². The summed E-state index contributed by atoms with van der Waals surface area (Å²) in [4.78, 5) is 20.4. The highest BCUT2D eigenvalue weighted by Crippen LogP contribution is 2.23. The second-order valence-electron chi connectivity index (χ2n) is 6.64. The summed E-state index contributed by atoms with van der Waals surface area (Å²) < 4.78 is 0. The number of anilines is 2. The third kappa shape index (κ3) is 4.39. The maximum atomic E-state index is 4.64. The fraction of sp³-hybridized carbons (Fsp3) is 0.300. The molecule has 0 aliphatic rings. The number of rotatable bonds is 9. The van der Waals surface area contributed by atoms with Gasteiger partial charge in [0.05, 0.1) is 22.1 Å². The zero-order valence-corrected chi connectivity index (χ0v) is 17.7. The van der Waals surface area contributed by atoms with Crippen molar-refractivity contribution in [1.29, 1.82) is 0 Å². The number of para-hydroxylation sites is 4. The molecule has 6 nitrogen and oxygen atoms in total. The van der Waals surface area contributed by atoms with Crippen LogP contribution in [-0.2, 0) is 0 Å². The first kappa shape index (κ1) is 19.0. The molecule has 0 aliphatic heterocycles. The number of imidazole rings is 2. The highest BCUT2D eigenvalue weighted by atomic mass is 33.1. The topological polar surface area (TPSA) is 63.8 Å². The van der Waals surface area contributed by atoms with Gasteiger partial charge in [-0.15, -0.1) is 0 Å². The fourth-order valence-electron chi connectivity index (χ4n) is 2.92. The fourth-order valence-corrected chi connectivity index (χ4v) is 5.01. The molecular formula is C20H24N6S2. The number of aromatic nitrogens is 4. The molecule has 0 fully saturated rings. The molecule has 0 bridgehead atoms. The minimum absolute atomic E-state index is 0.927. The highest BCUT2D eigenvalue weighted by molar-refractivity contribution is 8.76. The van der Waals surface area contributed by atoms with Crippen molar-refractivity contribution in [2.45, 2.75) is 0 Å². The monoisotopic (exact) mass is 412 g/mol. The number of H-pyrrole nitrogens is 2. The summed E-state index contributed by atoms with van der Waals surface area (Å²) in [7, 11) is 7.97. The Morgan fingerprint density at radius 1 is 0.714 bits per heavy atom. The van der Waals surface area contributed by atoms with E-state index < -0.39 is 0 Å². The van der Waals surface area contributed by atoms with E-state index in [0.29, 0.717) is 0 Å². The summed E-state index contributed by atoms with van der Waals surface area (Å²) in [6.07, 6.45) is 0. The van der Waals surface area contributed by atoms with E-state index in [2.05, 4.69) is 56.0 Å². The summed E-state index contributed by atoms with van der Waals surface area (Å²) in [6, 6.07) is 16.3. The van der Waals surface area contributed by atoms with Crippen LogP contribution in [0.3, 0.4) is 0 Å². The van der Waals surface area contributed by atoms with Gasteiger partial charge in [-0.2, -0.15) is 0 Å². The Bertz CT molecular complexity index is 893. The second-order valence-corrected chi connectivity index (χ2v) is 9.34. The summed E-state index contributed by atoms with van der Waals surface area (Å²) in [5.74, 6) is 3.95. The van der Waals surface area contributed by atoms with Crippen molar-refractivity contribution in [2.24, 2.45) is 0 Å². The lowest BCUT2D eigenvalue weighted by Crippen LogP contribution is -2.22. The Hall–Kier alpha value is -2.32. The molecule has 0 unspecified atom stereocenters. The number of nitrogens with one attached hydrogen (secondary N) is 2. The van der Waals surface area contributed by atoms with Crippen LogP contribution in [0.4, 0.5) is 11.9 Å². The maximum absolute atomic E-state index is 4.64. The number of hydrogen-bond acceptors (Lipinski definition) is 6. The summed E-state index contributed by atoms with van der Waals surface area (Å²) in [6.45, 7) is 1.91. The molecule has 0 saturated carbocycles. The lowest BCUT2D eigenvalue weighted by molar-refractivity contribution is 0.931. The number of aromatic amines is 2. The van der Waals surface area contributed by atoms with Gasteiger partial charge in [-0.1, -0.05) is 45.9 Å². The predicted molar refractivity (Wildman–Crippen MR) is 124 cm³/mol. The molecule has 0 spiro atoms. The van der Waals surface area contributed by atoms with Gasteiger partial charge in [0.2, 0.25) is 11.9 Å². The van der Waals surface area contributed by atoms with Crippen molar-refractivity contribution in [3.05, 3.63) is 48.5 Å². The third-order valence-corrected chi connectivity index (χ3v) is 6.95. The molecule has 2 aromatic heterocycles. The third-order valence-electron chi connectivity index (χ3n) is 4.58. The van der Waals surface area contributed by atoms with Crippen molar-refractivity contribution < 1.29 is 0 Å². The zero-order chi connectivity index (χ0) is 19.3. The Balaban J connectivity index is 1.17. The van der Waals surface area contributed by atoms with Crippen molar-refractivity contribution in [1.82, 2.24) is 19.9 Å². The molecule has 8 heteroatoms. The Morgan fingerprint density at radius 2 is 1.14 bits per heavy atom. The van der Waals surface area contributed by atoms with Gasteiger partial charge < -0.3 is 19.8 Å². The van der Waals surface area contributed by atoms with Crippen molar-refractivity contribution >= 4 is 55.6 Å². The van der Waals surface area contributed by atoms with Crippen LogP contribution in [0.15, 0.2) is 48.5 Å². The first-order valence-electron chi connectivity index (χ1n) is 9.27. The van der Waals surface area contributed by atoms with Crippen LogP contribution in [0.2, 0.25) is 0 Å². The van der Waals surface area contributed by atoms with Gasteiger partial charge in [0.25, 0.3) is 0 Å². The lowest BCUT2D eigenvalue weighted by atomic mass is 10.3. The Kier molecular flexibility index (Phi) is 5.97. The normalized spacial score (nSPS) is 11.4.